The first kappa shape index (κ1) is 25.8. The molecule has 1 fully saturated rings. The quantitative estimate of drug-likeness (QED) is 0.354. The molecule has 0 unspecified atom stereocenters. The zero-order valence-corrected chi connectivity index (χ0v) is 21.3. The van der Waals surface area contributed by atoms with Crippen LogP contribution in [0.5, 0.6) is 0 Å². The van der Waals surface area contributed by atoms with Crippen molar-refractivity contribution in [2.45, 2.75) is 97.6 Å². The standard InChI is InChI=1S/C25H46N8/c1-4-24-21-32(28-26-24)15-11-7-5-9-13-30-17-19-31(20-18-30)14-10-6-8-12-16-33-22-25(23(2)3)27-29-33/h21-23H,4-20H2,1-3H3. The van der Waals surface area contributed by atoms with Crippen LogP contribution in [0.4, 0.5) is 0 Å². The summed E-state index contributed by atoms with van der Waals surface area (Å²) >= 11 is 0. The molecular formula is C25H46N8. The molecule has 1 aliphatic heterocycles. The molecule has 1 aliphatic rings. The molecule has 186 valence electrons. The molecule has 8 heteroatoms. The van der Waals surface area contributed by atoms with Crippen molar-refractivity contribution in [3.05, 3.63) is 23.8 Å². The van der Waals surface area contributed by atoms with E-state index in [1.165, 1.54) is 90.6 Å². The summed E-state index contributed by atoms with van der Waals surface area (Å²) in [6.07, 6.45) is 15.4. The third-order valence-electron chi connectivity index (χ3n) is 6.78. The van der Waals surface area contributed by atoms with Crippen LogP contribution in [0.15, 0.2) is 12.4 Å². The van der Waals surface area contributed by atoms with E-state index in [1.807, 2.05) is 9.36 Å². The highest BCUT2D eigenvalue weighted by Crippen LogP contribution is 2.11. The van der Waals surface area contributed by atoms with Crippen molar-refractivity contribution in [2.75, 3.05) is 39.3 Å². The van der Waals surface area contributed by atoms with Crippen LogP contribution in [0.3, 0.4) is 0 Å². The molecule has 3 rings (SSSR count). The van der Waals surface area contributed by atoms with Gasteiger partial charge in [0.25, 0.3) is 0 Å². The maximum Gasteiger partial charge on any atom is 0.0852 e. The van der Waals surface area contributed by atoms with Crippen LogP contribution in [0, 0.1) is 0 Å². The molecule has 33 heavy (non-hydrogen) atoms. The molecule has 0 radical (unpaired) electrons. The average Bonchev–Trinajstić information content (AvgIpc) is 3.49. The van der Waals surface area contributed by atoms with Crippen molar-refractivity contribution in [1.29, 1.82) is 0 Å². The van der Waals surface area contributed by atoms with Gasteiger partial charge in [0.1, 0.15) is 0 Å². The monoisotopic (exact) mass is 458 g/mol. The fourth-order valence-electron chi connectivity index (χ4n) is 4.46. The highest BCUT2D eigenvalue weighted by Gasteiger charge is 2.15. The molecule has 0 N–H and O–H groups in total. The largest absolute Gasteiger partial charge is 0.301 e. The van der Waals surface area contributed by atoms with E-state index in [2.05, 4.69) is 63.6 Å². The Kier molecular flexibility index (Phi) is 11.3. The molecule has 0 saturated carbocycles. The van der Waals surface area contributed by atoms with Gasteiger partial charge in [0, 0.05) is 51.7 Å². The molecule has 3 heterocycles. The second-order valence-electron chi connectivity index (χ2n) is 9.90. The van der Waals surface area contributed by atoms with Gasteiger partial charge in [-0.25, -0.2) is 0 Å². The first-order valence-electron chi connectivity index (χ1n) is 13.4. The summed E-state index contributed by atoms with van der Waals surface area (Å²) < 4.78 is 4.00. The summed E-state index contributed by atoms with van der Waals surface area (Å²) in [6.45, 7) is 15.9. The minimum atomic E-state index is 0.463. The van der Waals surface area contributed by atoms with E-state index in [-0.39, 0.29) is 0 Å². The van der Waals surface area contributed by atoms with Crippen molar-refractivity contribution in [3.63, 3.8) is 0 Å². The van der Waals surface area contributed by atoms with Gasteiger partial charge in [0.15, 0.2) is 0 Å². The predicted molar refractivity (Wildman–Crippen MR) is 133 cm³/mol. The Morgan fingerprint density at radius 2 is 1.15 bits per heavy atom. The highest BCUT2D eigenvalue weighted by molar-refractivity contribution is 4.97. The lowest BCUT2D eigenvalue weighted by molar-refractivity contribution is 0.129. The summed E-state index contributed by atoms with van der Waals surface area (Å²) in [5.74, 6) is 0.463. The van der Waals surface area contributed by atoms with Gasteiger partial charge in [-0.3, -0.25) is 9.36 Å². The van der Waals surface area contributed by atoms with Crippen molar-refractivity contribution in [2.24, 2.45) is 0 Å². The molecule has 0 amide bonds. The average molecular weight is 459 g/mol. The van der Waals surface area contributed by atoms with Crippen LogP contribution in [-0.2, 0) is 19.5 Å². The summed E-state index contributed by atoms with van der Waals surface area (Å²) in [7, 11) is 0. The molecule has 8 nitrogen and oxygen atoms in total. The molecule has 0 aromatic carbocycles. The van der Waals surface area contributed by atoms with Crippen LogP contribution >= 0.6 is 0 Å². The Morgan fingerprint density at radius 3 is 1.61 bits per heavy atom. The topological polar surface area (TPSA) is 67.9 Å². The molecule has 0 atom stereocenters. The van der Waals surface area contributed by atoms with Crippen molar-refractivity contribution in [3.8, 4) is 0 Å². The maximum absolute atomic E-state index is 4.24. The van der Waals surface area contributed by atoms with Crippen LogP contribution in [0.1, 0.15) is 89.4 Å². The third kappa shape index (κ3) is 9.53. The lowest BCUT2D eigenvalue weighted by atomic mass is 10.1. The maximum atomic E-state index is 4.24. The number of aryl methyl sites for hydroxylation is 3. The molecule has 0 spiro atoms. The first-order chi connectivity index (χ1) is 16.1. The van der Waals surface area contributed by atoms with Crippen LogP contribution in [0.2, 0.25) is 0 Å². The number of piperazine rings is 1. The number of unbranched alkanes of at least 4 members (excludes halogenated alkanes) is 6. The van der Waals surface area contributed by atoms with Crippen LogP contribution < -0.4 is 0 Å². The minimum Gasteiger partial charge on any atom is -0.301 e. The number of hydrogen-bond donors (Lipinski definition) is 0. The van der Waals surface area contributed by atoms with Crippen molar-refractivity contribution >= 4 is 0 Å². The number of hydrogen-bond acceptors (Lipinski definition) is 6. The first-order valence-corrected chi connectivity index (χ1v) is 13.4. The highest BCUT2D eigenvalue weighted by atomic mass is 15.4. The Balaban J connectivity index is 1.12. The normalized spacial score (nSPS) is 15.6. The second kappa shape index (κ2) is 14.5. The zero-order chi connectivity index (χ0) is 23.3. The molecule has 0 aliphatic carbocycles. The SMILES string of the molecule is CCc1cn(CCCCCCN2CCN(CCCCCCn3cc(C(C)C)nn3)CC2)nn1. The van der Waals surface area contributed by atoms with Gasteiger partial charge in [-0.1, -0.05) is 56.9 Å². The molecule has 1 saturated heterocycles. The summed E-state index contributed by atoms with van der Waals surface area (Å²) in [6, 6.07) is 0. The van der Waals surface area contributed by atoms with Gasteiger partial charge in [-0.05, 0) is 51.1 Å². The van der Waals surface area contributed by atoms with Gasteiger partial charge in [-0.2, -0.15) is 0 Å². The third-order valence-corrected chi connectivity index (χ3v) is 6.78. The van der Waals surface area contributed by atoms with E-state index < -0.39 is 0 Å². The van der Waals surface area contributed by atoms with E-state index in [1.54, 1.807) is 0 Å². The Hall–Kier alpha value is -1.80. The fraction of sp³-hybridized carbons (Fsp3) is 0.840. The van der Waals surface area contributed by atoms with Gasteiger partial charge in [0.05, 0.1) is 11.4 Å². The fourth-order valence-corrected chi connectivity index (χ4v) is 4.46. The van der Waals surface area contributed by atoms with E-state index in [0.29, 0.717) is 5.92 Å². The van der Waals surface area contributed by atoms with Gasteiger partial charge >= 0.3 is 0 Å². The Bertz CT molecular complexity index is 760. The number of rotatable bonds is 16. The number of nitrogens with zero attached hydrogens (tertiary/aromatic N) is 8. The molecule has 2 aromatic heterocycles. The van der Waals surface area contributed by atoms with Crippen LogP contribution in [-0.4, -0.2) is 79.1 Å². The van der Waals surface area contributed by atoms with Gasteiger partial charge < -0.3 is 9.80 Å². The predicted octanol–water partition coefficient (Wildman–Crippen LogP) is 3.99. The smallest absolute Gasteiger partial charge is 0.0852 e. The lowest BCUT2D eigenvalue weighted by Crippen LogP contribution is -2.46. The summed E-state index contributed by atoms with van der Waals surface area (Å²) in [5.41, 5.74) is 2.19. The zero-order valence-electron chi connectivity index (χ0n) is 21.3. The van der Waals surface area contributed by atoms with Crippen LogP contribution in [0.25, 0.3) is 0 Å². The van der Waals surface area contributed by atoms with Crippen molar-refractivity contribution in [1.82, 2.24) is 39.8 Å². The lowest BCUT2D eigenvalue weighted by Gasteiger charge is -2.34. The number of aromatic nitrogens is 6. The van der Waals surface area contributed by atoms with E-state index in [9.17, 15) is 0 Å². The molecule has 2 aromatic rings. The minimum absolute atomic E-state index is 0.463. The molecule has 0 bridgehead atoms. The Labute approximate surface area is 200 Å². The van der Waals surface area contributed by atoms with E-state index >= 15 is 0 Å². The van der Waals surface area contributed by atoms with Gasteiger partial charge in [0.2, 0.25) is 0 Å². The Morgan fingerprint density at radius 1 is 0.667 bits per heavy atom. The second-order valence-corrected chi connectivity index (χ2v) is 9.90. The van der Waals surface area contributed by atoms with Gasteiger partial charge in [-0.15, -0.1) is 10.2 Å². The van der Waals surface area contributed by atoms with E-state index in [4.69, 9.17) is 0 Å². The van der Waals surface area contributed by atoms with E-state index in [0.717, 1.165) is 30.9 Å². The summed E-state index contributed by atoms with van der Waals surface area (Å²) in [4.78, 5) is 5.32. The summed E-state index contributed by atoms with van der Waals surface area (Å²) in [5, 5.41) is 16.8. The van der Waals surface area contributed by atoms with Crippen molar-refractivity contribution < 1.29 is 0 Å². The molecular weight excluding hydrogens is 412 g/mol.